The number of hydrazone groups is 1. The summed E-state index contributed by atoms with van der Waals surface area (Å²) in [6, 6.07) is 10.2. The third-order valence-electron chi connectivity index (χ3n) is 2.94. The van der Waals surface area contributed by atoms with Crippen LogP contribution in [0.2, 0.25) is 5.02 Å². The second kappa shape index (κ2) is 8.16. The highest BCUT2D eigenvalue weighted by Gasteiger charge is 2.09. The van der Waals surface area contributed by atoms with Crippen LogP contribution in [0.1, 0.15) is 15.9 Å². The Morgan fingerprint density at radius 2 is 1.91 bits per heavy atom. The molecular weight excluding hydrogens is 431 g/mol. The van der Waals surface area contributed by atoms with Gasteiger partial charge >= 0.3 is 0 Å². The maximum atomic E-state index is 11.9. The van der Waals surface area contributed by atoms with E-state index in [-0.39, 0.29) is 5.91 Å². The first-order valence-corrected chi connectivity index (χ1v) is 8.01. The monoisotopic (exact) mass is 444 g/mol. The molecule has 0 aliphatic heterocycles. The molecule has 0 aliphatic carbocycles. The van der Waals surface area contributed by atoms with Crippen molar-refractivity contribution in [2.24, 2.45) is 5.10 Å². The summed E-state index contributed by atoms with van der Waals surface area (Å²) in [7, 11) is 3.15. The summed E-state index contributed by atoms with van der Waals surface area (Å²) in [5, 5.41) is 4.53. The van der Waals surface area contributed by atoms with E-state index in [1.165, 1.54) is 6.21 Å². The highest BCUT2D eigenvalue weighted by molar-refractivity contribution is 14.1. The molecule has 1 amide bonds. The van der Waals surface area contributed by atoms with Crippen molar-refractivity contribution in [1.82, 2.24) is 5.43 Å². The number of hydrogen-bond donors (Lipinski definition) is 1. The minimum Gasteiger partial charge on any atom is -0.493 e. The van der Waals surface area contributed by atoms with Crippen molar-refractivity contribution in [3.8, 4) is 11.5 Å². The molecule has 2 aromatic carbocycles. The van der Waals surface area contributed by atoms with Crippen LogP contribution in [0.4, 0.5) is 0 Å². The molecule has 7 heteroatoms. The molecular formula is C16H14ClIN2O3. The Balaban J connectivity index is 2.10. The van der Waals surface area contributed by atoms with E-state index >= 15 is 0 Å². The van der Waals surface area contributed by atoms with Crippen molar-refractivity contribution in [2.75, 3.05) is 14.2 Å². The molecule has 0 aliphatic rings. The Hall–Kier alpha value is -1.80. The molecule has 0 spiro atoms. The fourth-order valence-electron chi connectivity index (χ4n) is 1.84. The molecule has 120 valence electrons. The largest absolute Gasteiger partial charge is 0.493 e. The van der Waals surface area contributed by atoms with Crippen LogP contribution in [-0.4, -0.2) is 26.3 Å². The van der Waals surface area contributed by atoms with E-state index < -0.39 is 0 Å². The molecule has 0 radical (unpaired) electrons. The Kier molecular flexibility index (Phi) is 6.23. The molecule has 0 heterocycles. The van der Waals surface area contributed by atoms with Gasteiger partial charge in [0, 0.05) is 10.6 Å². The summed E-state index contributed by atoms with van der Waals surface area (Å²) in [4.78, 5) is 11.9. The van der Waals surface area contributed by atoms with Gasteiger partial charge in [0.1, 0.15) is 0 Å². The van der Waals surface area contributed by atoms with E-state index in [1.807, 2.05) is 6.07 Å². The number of rotatable bonds is 5. The van der Waals surface area contributed by atoms with Crippen LogP contribution in [0, 0.1) is 3.57 Å². The van der Waals surface area contributed by atoms with Gasteiger partial charge in [0.2, 0.25) is 0 Å². The first kappa shape index (κ1) is 17.6. The predicted molar refractivity (Wildman–Crippen MR) is 98.8 cm³/mol. The van der Waals surface area contributed by atoms with Gasteiger partial charge in [-0.3, -0.25) is 4.79 Å². The van der Waals surface area contributed by atoms with Crippen molar-refractivity contribution in [2.45, 2.75) is 0 Å². The maximum Gasteiger partial charge on any atom is 0.271 e. The smallest absolute Gasteiger partial charge is 0.271 e. The number of halogens is 2. The van der Waals surface area contributed by atoms with Gasteiger partial charge in [0.15, 0.2) is 11.5 Å². The fraction of sp³-hybridized carbons (Fsp3) is 0.125. The van der Waals surface area contributed by atoms with Crippen LogP contribution < -0.4 is 14.9 Å². The number of carbonyl (C=O) groups excluding carboxylic acids is 1. The lowest BCUT2D eigenvalue weighted by Gasteiger charge is -2.10. The van der Waals surface area contributed by atoms with E-state index in [4.69, 9.17) is 21.1 Å². The maximum absolute atomic E-state index is 11.9. The van der Waals surface area contributed by atoms with Gasteiger partial charge in [0.25, 0.3) is 5.91 Å². The van der Waals surface area contributed by atoms with E-state index in [0.29, 0.717) is 22.1 Å². The van der Waals surface area contributed by atoms with Gasteiger partial charge in [-0.2, -0.15) is 5.10 Å². The average molecular weight is 445 g/mol. The molecule has 0 saturated heterocycles. The predicted octanol–water partition coefficient (Wildman–Crippen LogP) is 3.73. The van der Waals surface area contributed by atoms with Crippen LogP contribution in [0.5, 0.6) is 11.5 Å². The van der Waals surface area contributed by atoms with Gasteiger partial charge in [-0.1, -0.05) is 11.6 Å². The minimum absolute atomic E-state index is 0.312. The number of benzene rings is 2. The highest BCUT2D eigenvalue weighted by atomic mass is 127. The fourth-order valence-corrected chi connectivity index (χ4v) is 2.82. The summed E-state index contributed by atoms with van der Waals surface area (Å²) in [6.07, 6.45) is 1.54. The van der Waals surface area contributed by atoms with Gasteiger partial charge in [-0.05, 0) is 64.6 Å². The number of methoxy groups -OCH3 is 2. The van der Waals surface area contributed by atoms with E-state index in [9.17, 15) is 4.79 Å². The Morgan fingerprint density at radius 1 is 1.22 bits per heavy atom. The minimum atomic E-state index is -0.312. The number of hydrogen-bond acceptors (Lipinski definition) is 4. The van der Waals surface area contributed by atoms with Crippen molar-refractivity contribution in [3.05, 3.63) is 56.1 Å². The number of carbonyl (C=O) groups is 1. The number of nitrogens with one attached hydrogen (secondary N) is 1. The molecule has 2 aromatic rings. The molecule has 0 fully saturated rings. The van der Waals surface area contributed by atoms with Crippen LogP contribution >= 0.6 is 34.2 Å². The molecule has 23 heavy (non-hydrogen) atoms. The lowest BCUT2D eigenvalue weighted by atomic mass is 10.2. The SMILES string of the molecule is COc1cc(/C=N/NC(=O)c2ccc(Cl)cc2)cc(I)c1OC. The summed E-state index contributed by atoms with van der Waals surface area (Å²) < 4.78 is 11.4. The summed E-state index contributed by atoms with van der Waals surface area (Å²) >= 11 is 7.93. The van der Waals surface area contributed by atoms with Gasteiger partial charge in [-0.15, -0.1) is 0 Å². The molecule has 1 N–H and O–H groups in total. The number of nitrogens with zero attached hydrogens (tertiary/aromatic N) is 1. The van der Waals surface area contributed by atoms with Crippen molar-refractivity contribution in [3.63, 3.8) is 0 Å². The molecule has 5 nitrogen and oxygen atoms in total. The van der Waals surface area contributed by atoms with E-state index in [0.717, 1.165) is 9.13 Å². The Bertz CT molecular complexity index is 733. The van der Waals surface area contributed by atoms with Crippen LogP contribution in [0.25, 0.3) is 0 Å². The highest BCUT2D eigenvalue weighted by Crippen LogP contribution is 2.32. The molecule has 2 rings (SSSR count). The molecule has 0 unspecified atom stereocenters. The van der Waals surface area contributed by atoms with Gasteiger partial charge in [0.05, 0.1) is 24.0 Å². The average Bonchev–Trinajstić information content (AvgIpc) is 2.54. The molecule has 0 aromatic heterocycles. The van der Waals surface area contributed by atoms with E-state index in [2.05, 4.69) is 33.1 Å². The number of ether oxygens (including phenoxy) is 2. The Labute approximate surface area is 152 Å². The third-order valence-corrected chi connectivity index (χ3v) is 4.00. The third kappa shape index (κ3) is 4.59. The van der Waals surface area contributed by atoms with Crippen LogP contribution in [-0.2, 0) is 0 Å². The molecule has 0 atom stereocenters. The topological polar surface area (TPSA) is 59.9 Å². The molecule has 0 bridgehead atoms. The summed E-state index contributed by atoms with van der Waals surface area (Å²) in [5.41, 5.74) is 3.73. The van der Waals surface area contributed by atoms with Crippen LogP contribution in [0.3, 0.4) is 0 Å². The lowest BCUT2D eigenvalue weighted by Crippen LogP contribution is -2.17. The second-order valence-corrected chi connectivity index (χ2v) is 6.04. The zero-order valence-electron chi connectivity index (χ0n) is 12.5. The second-order valence-electron chi connectivity index (χ2n) is 4.44. The molecule has 0 saturated carbocycles. The van der Waals surface area contributed by atoms with Crippen molar-refractivity contribution < 1.29 is 14.3 Å². The van der Waals surface area contributed by atoms with Crippen LogP contribution in [0.15, 0.2) is 41.5 Å². The normalized spacial score (nSPS) is 10.6. The standard InChI is InChI=1S/C16H14ClIN2O3/c1-22-14-8-10(7-13(18)15(14)23-2)9-19-20-16(21)11-3-5-12(17)6-4-11/h3-9H,1-2H3,(H,20,21)/b19-9+. The quantitative estimate of drug-likeness (QED) is 0.434. The lowest BCUT2D eigenvalue weighted by molar-refractivity contribution is 0.0955. The zero-order valence-corrected chi connectivity index (χ0v) is 15.4. The van der Waals surface area contributed by atoms with Gasteiger partial charge in [-0.25, -0.2) is 5.43 Å². The van der Waals surface area contributed by atoms with Crippen molar-refractivity contribution >= 4 is 46.3 Å². The first-order chi connectivity index (χ1) is 11.0. The Morgan fingerprint density at radius 3 is 2.52 bits per heavy atom. The first-order valence-electron chi connectivity index (χ1n) is 6.55. The van der Waals surface area contributed by atoms with Gasteiger partial charge < -0.3 is 9.47 Å². The summed E-state index contributed by atoms with van der Waals surface area (Å²) in [5.74, 6) is 0.952. The zero-order chi connectivity index (χ0) is 16.8. The number of amides is 1. The summed E-state index contributed by atoms with van der Waals surface area (Å²) in [6.45, 7) is 0. The van der Waals surface area contributed by atoms with Crippen molar-refractivity contribution in [1.29, 1.82) is 0 Å². The van der Waals surface area contributed by atoms with E-state index in [1.54, 1.807) is 44.6 Å².